The van der Waals surface area contributed by atoms with Crippen molar-refractivity contribution in [3.05, 3.63) is 0 Å². The summed E-state index contributed by atoms with van der Waals surface area (Å²) in [4.78, 5) is 12.0. The van der Waals surface area contributed by atoms with Crippen LogP contribution in [0.15, 0.2) is 0 Å². The van der Waals surface area contributed by atoms with Gasteiger partial charge in [0.2, 0.25) is 0 Å². The molecule has 1 N–H and O–H groups in total. The monoisotopic (exact) mass is 271 g/mol. The molecule has 0 aromatic heterocycles. The Morgan fingerprint density at radius 3 is 2.37 bits per heavy atom. The van der Waals surface area contributed by atoms with Gasteiger partial charge in [-0.25, -0.2) is 4.79 Å². The Labute approximate surface area is 117 Å². The lowest BCUT2D eigenvalue weighted by Gasteiger charge is -2.29. The van der Waals surface area contributed by atoms with Gasteiger partial charge < -0.3 is 14.8 Å². The van der Waals surface area contributed by atoms with E-state index in [9.17, 15) is 4.79 Å². The highest BCUT2D eigenvalue weighted by molar-refractivity contribution is 5.80. The van der Waals surface area contributed by atoms with Gasteiger partial charge in [0.1, 0.15) is 5.54 Å². The first-order chi connectivity index (χ1) is 9.12. The van der Waals surface area contributed by atoms with Gasteiger partial charge >= 0.3 is 5.97 Å². The number of carbonyl (C=O) groups is 1. The molecule has 0 aromatic rings. The van der Waals surface area contributed by atoms with Crippen molar-refractivity contribution in [1.29, 1.82) is 0 Å². The zero-order chi connectivity index (χ0) is 14.1. The number of esters is 1. The first-order valence-corrected chi connectivity index (χ1v) is 7.66. The molecule has 1 aliphatic rings. The van der Waals surface area contributed by atoms with Gasteiger partial charge in [0.15, 0.2) is 0 Å². The van der Waals surface area contributed by atoms with E-state index in [2.05, 4.69) is 5.32 Å². The fraction of sp³-hybridized carbons (Fsp3) is 0.933. The van der Waals surface area contributed by atoms with Crippen molar-refractivity contribution in [2.75, 3.05) is 19.8 Å². The predicted molar refractivity (Wildman–Crippen MR) is 76.2 cm³/mol. The molecular formula is C15H29NO3. The lowest BCUT2D eigenvalue weighted by molar-refractivity contribution is -0.154. The van der Waals surface area contributed by atoms with Crippen LogP contribution in [-0.4, -0.2) is 37.4 Å². The Balaban J connectivity index is 2.49. The molecule has 4 heteroatoms. The molecule has 1 aliphatic carbocycles. The normalized spacial score (nSPS) is 20.6. The molecule has 4 nitrogen and oxygen atoms in total. The second-order valence-electron chi connectivity index (χ2n) is 5.51. The molecule has 0 saturated heterocycles. The molecule has 0 radical (unpaired) electrons. The standard InChI is InChI=1S/C15H29NO3/c1-4-16-15(3,14(17)18-5-2)12-19-13-10-8-6-7-9-11-13/h13,16H,4-12H2,1-3H3. The zero-order valence-corrected chi connectivity index (χ0v) is 12.7. The second kappa shape index (κ2) is 8.54. The molecule has 1 rings (SSSR count). The average molecular weight is 271 g/mol. The average Bonchev–Trinajstić information content (AvgIpc) is 2.65. The van der Waals surface area contributed by atoms with E-state index in [0.29, 0.717) is 19.3 Å². The van der Waals surface area contributed by atoms with Gasteiger partial charge in [-0.05, 0) is 33.2 Å². The summed E-state index contributed by atoms with van der Waals surface area (Å²) in [5.74, 6) is -0.217. The predicted octanol–water partition coefficient (Wildman–Crippen LogP) is 2.66. The molecule has 0 heterocycles. The molecule has 0 aliphatic heterocycles. The molecule has 1 atom stereocenters. The van der Waals surface area contributed by atoms with E-state index in [-0.39, 0.29) is 5.97 Å². The smallest absolute Gasteiger partial charge is 0.328 e. The van der Waals surface area contributed by atoms with Crippen molar-refractivity contribution < 1.29 is 14.3 Å². The van der Waals surface area contributed by atoms with Crippen LogP contribution in [0.25, 0.3) is 0 Å². The van der Waals surface area contributed by atoms with E-state index in [1.165, 1.54) is 25.7 Å². The summed E-state index contributed by atoms with van der Waals surface area (Å²) in [5, 5.41) is 3.20. The fourth-order valence-electron chi connectivity index (χ4n) is 2.56. The molecule has 19 heavy (non-hydrogen) atoms. The van der Waals surface area contributed by atoms with Crippen molar-refractivity contribution >= 4 is 5.97 Å². The second-order valence-corrected chi connectivity index (χ2v) is 5.51. The van der Waals surface area contributed by atoms with Gasteiger partial charge in [0.05, 0.1) is 19.3 Å². The highest BCUT2D eigenvalue weighted by Crippen LogP contribution is 2.21. The minimum Gasteiger partial charge on any atom is -0.465 e. The summed E-state index contributed by atoms with van der Waals surface area (Å²) in [6.45, 7) is 7.21. The Kier molecular flexibility index (Phi) is 7.39. The molecule has 1 fully saturated rings. The van der Waals surface area contributed by atoms with Crippen LogP contribution < -0.4 is 5.32 Å². The number of likely N-dealkylation sites (N-methyl/N-ethyl adjacent to an activating group) is 1. The van der Waals surface area contributed by atoms with E-state index in [0.717, 1.165) is 19.4 Å². The van der Waals surface area contributed by atoms with Crippen LogP contribution in [0, 0.1) is 0 Å². The summed E-state index contributed by atoms with van der Waals surface area (Å²) in [6.07, 6.45) is 7.62. The van der Waals surface area contributed by atoms with Crippen LogP contribution in [-0.2, 0) is 14.3 Å². The number of ether oxygens (including phenoxy) is 2. The summed E-state index contributed by atoms with van der Waals surface area (Å²) in [5.41, 5.74) is -0.725. The van der Waals surface area contributed by atoms with Crippen LogP contribution in [0.1, 0.15) is 59.3 Å². The van der Waals surface area contributed by atoms with Crippen molar-refractivity contribution in [2.24, 2.45) is 0 Å². The van der Waals surface area contributed by atoms with Gasteiger partial charge in [0.25, 0.3) is 0 Å². The van der Waals surface area contributed by atoms with E-state index >= 15 is 0 Å². The van der Waals surface area contributed by atoms with Gasteiger partial charge in [-0.1, -0.05) is 32.6 Å². The SMILES string of the molecule is CCNC(C)(COC1CCCCCC1)C(=O)OCC. The van der Waals surface area contributed by atoms with Gasteiger partial charge in [-0.2, -0.15) is 0 Å². The first-order valence-electron chi connectivity index (χ1n) is 7.66. The molecule has 1 saturated carbocycles. The Morgan fingerprint density at radius 2 is 1.84 bits per heavy atom. The van der Waals surface area contributed by atoms with Crippen molar-refractivity contribution in [3.63, 3.8) is 0 Å². The maximum absolute atomic E-state index is 12.0. The van der Waals surface area contributed by atoms with Crippen LogP contribution in [0.2, 0.25) is 0 Å². The van der Waals surface area contributed by atoms with E-state index in [1.807, 2.05) is 20.8 Å². The topological polar surface area (TPSA) is 47.6 Å². The Hall–Kier alpha value is -0.610. The number of rotatable bonds is 7. The minimum absolute atomic E-state index is 0.217. The fourth-order valence-corrected chi connectivity index (χ4v) is 2.56. The lowest BCUT2D eigenvalue weighted by atomic mass is 10.0. The molecule has 0 bridgehead atoms. The van der Waals surface area contributed by atoms with E-state index in [1.54, 1.807) is 0 Å². The number of hydrogen-bond acceptors (Lipinski definition) is 4. The van der Waals surface area contributed by atoms with Crippen LogP contribution in [0.3, 0.4) is 0 Å². The summed E-state index contributed by atoms with van der Waals surface area (Å²) < 4.78 is 11.1. The number of carbonyl (C=O) groups excluding carboxylic acids is 1. The van der Waals surface area contributed by atoms with Crippen molar-refractivity contribution in [3.8, 4) is 0 Å². The largest absolute Gasteiger partial charge is 0.465 e. The molecule has 112 valence electrons. The van der Waals surface area contributed by atoms with E-state index in [4.69, 9.17) is 9.47 Å². The lowest BCUT2D eigenvalue weighted by Crippen LogP contribution is -2.54. The van der Waals surface area contributed by atoms with Gasteiger partial charge in [0, 0.05) is 0 Å². The highest BCUT2D eigenvalue weighted by Gasteiger charge is 2.35. The first kappa shape index (κ1) is 16.4. The third-order valence-electron chi connectivity index (χ3n) is 3.70. The Morgan fingerprint density at radius 1 is 1.21 bits per heavy atom. The minimum atomic E-state index is -0.725. The maximum atomic E-state index is 12.0. The van der Waals surface area contributed by atoms with Crippen LogP contribution in [0.4, 0.5) is 0 Å². The van der Waals surface area contributed by atoms with Crippen molar-refractivity contribution in [2.45, 2.75) is 70.9 Å². The summed E-state index contributed by atoms with van der Waals surface area (Å²) in [6, 6.07) is 0. The number of nitrogens with one attached hydrogen (secondary N) is 1. The highest BCUT2D eigenvalue weighted by atomic mass is 16.5. The van der Waals surface area contributed by atoms with Crippen LogP contribution >= 0.6 is 0 Å². The molecular weight excluding hydrogens is 242 g/mol. The zero-order valence-electron chi connectivity index (χ0n) is 12.7. The third kappa shape index (κ3) is 5.49. The maximum Gasteiger partial charge on any atom is 0.328 e. The molecule has 1 unspecified atom stereocenters. The summed E-state index contributed by atoms with van der Waals surface area (Å²) in [7, 11) is 0. The van der Waals surface area contributed by atoms with Gasteiger partial charge in [-0.3, -0.25) is 0 Å². The van der Waals surface area contributed by atoms with E-state index < -0.39 is 5.54 Å². The summed E-state index contributed by atoms with van der Waals surface area (Å²) >= 11 is 0. The quantitative estimate of drug-likeness (QED) is 0.571. The molecule has 0 amide bonds. The Bertz CT molecular complexity index is 262. The molecule has 0 spiro atoms. The van der Waals surface area contributed by atoms with Crippen molar-refractivity contribution in [1.82, 2.24) is 5.32 Å². The van der Waals surface area contributed by atoms with Crippen LogP contribution in [0.5, 0.6) is 0 Å². The van der Waals surface area contributed by atoms with Gasteiger partial charge in [-0.15, -0.1) is 0 Å². The third-order valence-corrected chi connectivity index (χ3v) is 3.70. The number of hydrogen-bond donors (Lipinski definition) is 1. The molecule has 0 aromatic carbocycles.